The van der Waals surface area contributed by atoms with Crippen LogP contribution in [0, 0.1) is 5.82 Å². The molecule has 1 spiro atoms. The Hall–Kier alpha value is -1.42. The Kier molecular flexibility index (Phi) is 5.41. The summed E-state index contributed by atoms with van der Waals surface area (Å²) in [4.78, 5) is 5.52. The van der Waals surface area contributed by atoms with Crippen LogP contribution in [0.3, 0.4) is 0 Å². The summed E-state index contributed by atoms with van der Waals surface area (Å²) >= 11 is 6.45. The molecule has 1 saturated carbocycles. The maximum atomic E-state index is 13.5. The summed E-state index contributed by atoms with van der Waals surface area (Å²) in [5.74, 6) is 0.142. The molecule has 2 aromatic rings. The van der Waals surface area contributed by atoms with E-state index in [1.54, 1.807) is 12.1 Å². The molecule has 160 valence electrons. The molecule has 2 atom stereocenters. The zero-order valence-electron chi connectivity index (χ0n) is 18.1. The van der Waals surface area contributed by atoms with Crippen molar-refractivity contribution in [2.75, 3.05) is 19.6 Å². The molecule has 1 aliphatic heterocycles. The van der Waals surface area contributed by atoms with E-state index in [4.69, 9.17) is 11.6 Å². The number of fused-ring (bicyclic) bond motifs is 1. The number of nitrogens with zero attached hydrogens (tertiary/aromatic N) is 2. The highest BCUT2D eigenvalue weighted by molar-refractivity contribution is 6.30. The molecule has 1 heterocycles. The highest BCUT2D eigenvalue weighted by Crippen LogP contribution is 2.50. The predicted molar refractivity (Wildman–Crippen MR) is 122 cm³/mol. The van der Waals surface area contributed by atoms with Gasteiger partial charge in [-0.3, -0.25) is 9.80 Å². The number of piperazine rings is 1. The van der Waals surface area contributed by atoms with Gasteiger partial charge in [0.25, 0.3) is 0 Å². The predicted octanol–water partition coefficient (Wildman–Crippen LogP) is 6.39. The van der Waals surface area contributed by atoms with Crippen LogP contribution in [0.15, 0.2) is 42.5 Å². The van der Waals surface area contributed by atoms with E-state index in [1.165, 1.54) is 42.4 Å². The summed E-state index contributed by atoms with van der Waals surface area (Å²) in [6.07, 6.45) is 6.39. The average Bonchev–Trinajstić information content (AvgIpc) is 3.33. The summed E-state index contributed by atoms with van der Waals surface area (Å²) in [7, 11) is 0. The van der Waals surface area contributed by atoms with Crippen molar-refractivity contribution in [1.29, 1.82) is 0 Å². The Balaban J connectivity index is 1.47. The fraction of sp³-hybridized carbons (Fsp3) is 0.538. The van der Waals surface area contributed by atoms with Crippen LogP contribution in [0.25, 0.3) is 0 Å². The summed E-state index contributed by atoms with van der Waals surface area (Å²) in [5.41, 5.74) is 4.28. The molecule has 0 N–H and O–H groups in total. The molecule has 0 amide bonds. The lowest BCUT2D eigenvalue weighted by molar-refractivity contribution is -0.0360. The minimum Gasteiger partial charge on any atom is -0.293 e. The topological polar surface area (TPSA) is 6.48 Å². The van der Waals surface area contributed by atoms with Crippen molar-refractivity contribution in [2.45, 2.75) is 69.5 Å². The van der Waals surface area contributed by atoms with Crippen molar-refractivity contribution in [3.8, 4) is 0 Å². The van der Waals surface area contributed by atoms with Crippen molar-refractivity contribution < 1.29 is 4.39 Å². The molecule has 1 saturated heterocycles. The highest BCUT2D eigenvalue weighted by Gasteiger charge is 2.47. The van der Waals surface area contributed by atoms with Gasteiger partial charge < -0.3 is 0 Å². The number of halogens is 2. The van der Waals surface area contributed by atoms with Crippen molar-refractivity contribution in [3.05, 3.63) is 70.0 Å². The quantitative estimate of drug-likeness (QED) is 0.560. The van der Waals surface area contributed by atoms with E-state index in [0.29, 0.717) is 23.5 Å². The average molecular weight is 427 g/mol. The third kappa shape index (κ3) is 3.49. The molecule has 0 bridgehead atoms. The van der Waals surface area contributed by atoms with Crippen molar-refractivity contribution in [1.82, 2.24) is 9.80 Å². The van der Waals surface area contributed by atoms with Gasteiger partial charge in [-0.2, -0.15) is 0 Å². The van der Waals surface area contributed by atoms with E-state index in [-0.39, 0.29) is 5.82 Å². The maximum absolute atomic E-state index is 13.5. The lowest BCUT2D eigenvalue weighted by Crippen LogP contribution is -2.63. The fourth-order valence-electron chi connectivity index (χ4n) is 6.56. The van der Waals surface area contributed by atoms with Crippen LogP contribution < -0.4 is 0 Å². The molecule has 2 aromatic carbocycles. The van der Waals surface area contributed by atoms with Crippen LogP contribution in [0.4, 0.5) is 4.39 Å². The lowest BCUT2D eigenvalue weighted by Gasteiger charge is -2.53. The van der Waals surface area contributed by atoms with E-state index in [1.807, 2.05) is 18.2 Å². The van der Waals surface area contributed by atoms with Crippen LogP contribution in [0.5, 0.6) is 0 Å². The van der Waals surface area contributed by atoms with Gasteiger partial charge in [0.1, 0.15) is 5.82 Å². The number of hydrogen-bond donors (Lipinski definition) is 0. The van der Waals surface area contributed by atoms with Crippen molar-refractivity contribution in [2.24, 2.45) is 0 Å². The first-order valence-electron chi connectivity index (χ1n) is 11.5. The first kappa shape index (κ1) is 20.5. The molecule has 2 nitrogen and oxygen atoms in total. The Labute approximate surface area is 185 Å². The van der Waals surface area contributed by atoms with Crippen LogP contribution >= 0.6 is 11.6 Å². The molecule has 2 aliphatic carbocycles. The molecule has 3 aliphatic rings. The van der Waals surface area contributed by atoms with Gasteiger partial charge in [0, 0.05) is 48.2 Å². The van der Waals surface area contributed by atoms with Gasteiger partial charge in [0.2, 0.25) is 0 Å². The summed E-state index contributed by atoms with van der Waals surface area (Å²) in [5, 5.41) is 0.815. The number of hydrogen-bond acceptors (Lipinski definition) is 2. The van der Waals surface area contributed by atoms with Crippen LogP contribution in [-0.4, -0.2) is 41.0 Å². The SMILES string of the molecule is CC(C)N1CCN(C2CC(c3ccc(F)cc3)c3ccc(Cl)cc32)CC12CCCC2. The summed E-state index contributed by atoms with van der Waals surface area (Å²) < 4.78 is 13.5. The largest absolute Gasteiger partial charge is 0.293 e. The van der Waals surface area contributed by atoms with Crippen LogP contribution in [-0.2, 0) is 0 Å². The minimum absolute atomic E-state index is 0.169. The smallest absolute Gasteiger partial charge is 0.123 e. The molecule has 2 fully saturated rings. The number of rotatable bonds is 3. The minimum atomic E-state index is -0.169. The van der Waals surface area contributed by atoms with Gasteiger partial charge in [0.15, 0.2) is 0 Å². The van der Waals surface area contributed by atoms with Crippen molar-refractivity contribution >= 4 is 11.6 Å². The second-order valence-electron chi connectivity index (χ2n) is 9.82. The second-order valence-corrected chi connectivity index (χ2v) is 10.3. The highest BCUT2D eigenvalue weighted by atomic mass is 35.5. The van der Waals surface area contributed by atoms with Gasteiger partial charge in [-0.15, -0.1) is 0 Å². The van der Waals surface area contributed by atoms with Crippen molar-refractivity contribution in [3.63, 3.8) is 0 Å². The second kappa shape index (κ2) is 7.93. The molecule has 30 heavy (non-hydrogen) atoms. The molecule has 5 rings (SSSR count). The maximum Gasteiger partial charge on any atom is 0.123 e. The monoisotopic (exact) mass is 426 g/mol. The molecule has 0 radical (unpaired) electrons. The van der Waals surface area contributed by atoms with Gasteiger partial charge >= 0.3 is 0 Å². The first-order valence-corrected chi connectivity index (χ1v) is 11.9. The van der Waals surface area contributed by atoms with E-state index in [9.17, 15) is 4.39 Å². The Morgan fingerprint density at radius 1 is 1.00 bits per heavy atom. The molecular formula is C26H32ClFN2. The molecular weight excluding hydrogens is 395 g/mol. The van der Waals surface area contributed by atoms with E-state index < -0.39 is 0 Å². The number of benzene rings is 2. The van der Waals surface area contributed by atoms with Crippen LogP contribution in [0.1, 0.15) is 74.6 Å². The van der Waals surface area contributed by atoms with E-state index >= 15 is 0 Å². The van der Waals surface area contributed by atoms with Gasteiger partial charge in [0.05, 0.1) is 0 Å². The Bertz CT molecular complexity index is 904. The zero-order valence-corrected chi connectivity index (χ0v) is 18.8. The summed E-state index contributed by atoms with van der Waals surface area (Å²) in [6.45, 7) is 8.10. The first-order chi connectivity index (χ1) is 14.5. The molecule has 2 unspecified atom stereocenters. The van der Waals surface area contributed by atoms with E-state index in [2.05, 4.69) is 35.8 Å². The van der Waals surface area contributed by atoms with E-state index in [0.717, 1.165) is 31.1 Å². The normalized spacial score (nSPS) is 26.6. The zero-order chi connectivity index (χ0) is 20.9. The molecule has 0 aromatic heterocycles. The van der Waals surface area contributed by atoms with Crippen LogP contribution in [0.2, 0.25) is 5.02 Å². The lowest BCUT2D eigenvalue weighted by atomic mass is 9.88. The Morgan fingerprint density at radius 3 is 2.43 bits per heavy atom. The molecule has 4 heteroatoms. The third-order valence-corrected chi connectivity index (χ3v) is 8.08. The van der Waals surface area contributed by atoms with Gasteiger partial charge in [-0.05, 0) is 74.1 Å². The standard InChI is InChI=1S/C26H32ClFN2/c1-18(2)30-14-13-29(17-26(30)11-3-4-12-26)25-16-23(19-5-8-21(28)9-6-19)22-10-7-20(27)15-24(22)25/h5-10,15,18,23,25H,3-4,11-14,16-17H2,1-2H3. The fourth-order valence-corrected chi connectivity index (χ4v) is 6.74. The van der Waals surface area contributed by atoms with Gasteiger partial charge in [-0.25, -0.2) is 4.39 Å². The third-order valence-electron chi connectivity index (χ3n) is 7.85. The summed E-state index contributed by atoms with van der Waals surface area (Å²) in [6, 6.07) is 14.5. The Morgan fingerprint density at radius 2 is 1.73 bits per heavy atom. The van der Waals surface area contributed by atoms with Gasteiger partial charge in [-0.1, -0.05) is 42.6 Å².